The molecule has 0 aliphatic carbocycles. The first-order valence-electron chi connectivity index (χ1n) is 5.22. The van der Waals surface area contributed by atoms with E-state index < -0.39 is 0 Å². The van der Waals surface area contributed by atoms with Crippen LogP contribution in [0.15, 0.2) is 24.3 Å². The fraction of sp³-hybridized carbons (Fsp3) is 0.500. The summed E-state index contributed by atoms with van der Waals surface area (Å²) in [4.78, 5) is 0. The Balaban J connectivity index is 2.56. The summed E-state index contributed by atoms with van der Waals surface area (Å²) >= 11 is 0. The molecule has 0 radical (unpaired) electrons. The van der Waals surface area contributed by atoms with Crippen LogP contribution in [0.2, 0.25) is 0 Å². The monoisotopic (exact) mass is 209 g/mol. The summed E-state index contributed by atoms with van der Waals surface area (Å²) in [6.45, 7) is 4.89. The first-order valence-corrected chi connectivity index (χ1v) is 5.22. The highest BCUT2D eigenvalue weighted by Crippen LogP contribution is 2.16. The van der Waals surface area contributed by atoms with Crippen LogP contribution in [0.4, 0.5) is 0 Å². The lowest BCUT2D eigenvalue weighted by Crippen LogP contribution is -2.14. The first-order chi connectivity index (χ1) is 7.13. The molecule has 0 unspecified atom stereocenters. The molecular formula is C12H19NO2. The smallest absolute Gasteiger partial charge is 0.119 e. The predicted molar refractivity (Wildman–Crippen MR) is 60.8 cm³/mol. The van der Waals surface area contributed by atoms with Crippen LogP contribution in [0.5, 0.6) is 5.75 Å². The number of ether oxygens (including phenoxy) is 1. The highest BCUT2D eigenvalue weighted by atomic mass is 16.5. The summed E-state index contributed by atoms with van der Waals surface area (Å²) in [6.07, 6.45) is 0. The van der Waals surface area contributed by atoms with Gasteiger partial charge in [0.05, 0.1) is 19.3 Å². The van der Waals surface area contributed by atoms with Gasteiger partial charge in [0.1, 0.15) is 5.75 Å². The molecule has 0 aliphatic rings. The lowest BCUT2D eigenvalue weighted by molar-refractivity contribution is 0.266. The normalized spacial score (nSPS) is 12.9. The minimum Gasteiger partial charge on any atom is -0.493 e. The van der Waals surface area contributed by atoms with E-state index in [0.717, 1.165) is 11.3 Å². The Morgan fingerprint density at radius 3 is 2.33 bits per heavy atom. The quantitative estimate of drug-likeness (QED) is 0.776. The molecule has 0 fully saturated rings. The van der Waals surface area contributed by atoms with Crippen LogP contribution in [-0.2, 0) is 0 Å². The summed E-state index contributed by atoms with van der Waals surface area (Å²) in [7, 11) is 0. The number of nitrogens with two attached hydrogens (primary N) is 1. The molecule has 0 saturated carbocycles. The van der Waals surface area contributed by atoms with Gasteiger partial charge in [-0.05, 0) is 23.6 Å². The van der Waals surface area contributed by atoms with Gasteiger partial charge < -0.3 is 15.6 Å². The van der Waals surface area contributed by atoms with Gasteiger partial charge in [-0.1, -0.05) is 26.0 Å². The van der Waals surface area contributed by atoms with E-state index in [0.29, 0.717) is 12.5 Å². The minimum absolute atomic E-state index is 0.0355. The molecule has 0 bridgehead atoms. The van der Waals surface area contributed by atoms with E-state index in [1.807, 2.05) is 24.3 Å². The second kappa shape index (κ2) is 5.73. The van der Waals surface area contributed by atoms with Crippen molar-refractivity contribution < 1.29 is 9.84 Å². The van der Waals surface area contributed by atoms with E-state index in [9.17, 15) is 0 Å². The number of benzene rings is 1. The fourth-order valence-electron chi connectivity index (χ4n) is 1.18. The molecule has 0 aliphatic heterocycles. The van der Waals surface area contributed by atoms with Crippen molar-refractivity contribution in [3.8, 4) is 5.75 Å². The first kappa shape index (κ1) is 12.0. The maximum atomic E-state index is 8.88. The Hall–Kier alpha value is -1.06. The maximum Gasteiger partial charge on any atom is 0.119 e. The van der Waals surface area contributed by atoms with E-state index in [2.05, 4.69) is 13.8 Å². The standard InChI is InChI=1S/C12H19NO2/c1-9(2)8-15-11-5-3-10(4-6-11)12(13)7-14/h3-6,9,12,14H,7-8,13H2,1-2H3/t12-/m1/s1. The number of hydrogen-bond acceptors (Lipinski definition) is 3. The molecule has 0 heterocycles. The van der Waals surface area contributed by atoms with Gasteiger partial charge in [0, 0.05) is 0 Å². The van der Waals surface area contributed by atoms with Crippen LogP contribution in [-0.4, -0.2) is 18.3 Å². The predicted octanol–water partition coefficient (Wildman–Crippen LogP) is 1.71. The van der Waals surface area contributed by atoms with Crippen molar-refractivity contribution in [2.24, 2.45) is 11.7 Å². The Kier molecular flexibility index (Phi) is 4.59. The second-order valence-corrected chi connectivity index (χ2v) is 4.06. The molecule has 1 aromatic carbocycles. The summed E-state index contributed by atoms with van der Waals surface area (Å²) in [5, 5.41) is 8.88. The van der Waals surface area contributed by atoms with E-state index in [-0.39, 0.29) is 12.6 Å². The largest absolute Gasteiger partial charge is 0.493 e. The molecular weight excluding hydrogens is 190 g/mol. The number of aliphatic hydroxyl groups is 1. The van der Waals surface area contributed by atoms with E-state index in [4.69, 9.17) is 15.6 Å². The van der Waals surface area contributed by atoms with Crippen molar-refractivity contribution in [2.75, 3.05) is 13.2 Å². The zero-order chi connectivity index (χ0) is 11.3. The number of aliphatic hydroxyl groups excluding tert-OH is 1. The molecule has 0 spiro atoms. The Labute approximate surface area is 90.9 Å². The minimum atomic E-state index is -0.302. The molecule has 3 nitrogen and oxygen atoms in total. The highest BCUT2D eigenvalue weighted by molar-refractivity contribution is 5.29. The summed E-state index contributed by atoms with van der Waals surface area (Å²) < 4.78 is 5.53. The zero-order valence-corrected chi connectivity index (χ0v) is 9.31. The Bertz CT molecular complexity index is 282. The van der Waals surface area contributed by atoms with Gasteiger partial charge in [-0.15, -0.1) is 0 Å². The van der Waals surface area contributed by atoms with E-state index in [1.165, 1.54) is 0 Å². The van der Waals surface area contributed by atoms with Crippen LogP contribution in [0.1, 0.15) is 25.5 Å². The third-order valence-electron chi connectivity index (χ3n) is 2.09. The topological polar surface area (TPSA) is 55.5 Å². The van der Waals surface area contributed by atoms with Gasteiger partial charge in [-0.2, -0.15) is 0 Å². The van der Waals surface area contributed by atoms with Gasteiger partial charge >= 0.3 is 0 Å². The van der Waals surface area contributed by atoms with Crippen LogP contribution < -0.4 is 10.5 Å². The molecule has 1 aromatic rings. The SMILES string of the molecule is CC(C)COc1ccc([C@H](N)CO)cc1. The van der Waals surface area contributed by atoms with Crippen LogP contribution >= 0.6 is 0 Å². The molecule has 1 atom stereocenters. The third kappa shape index (κ3) is 3.90. The van der Waals surface area contributed by atoms with Crippen LogP contribution in [0.25, 0.3) is 0 Å². The van der Waals surface area contributed by atoms with Crippen LogP contribution in [0.3, 0.4) is 0 Å². The Morgan fingerprint density at radius 1 is 1.27 bits per heavy atom. The third-order valence-corrected chi connectivity index (χ3v) is 2.09. The van der Waals surface area contributed by atoms with Crippen molar-refractivity contribution in [1.82, 2.24) is 0 Å². The van der Waals surface area contributed by atoms with Gasteiger partial charge in [0.2, 0.25) is 0 Å². The molecule has 0 saturated heterocycles. The lowest BCUT2D eigenvalue weighted by atomic mass is 10.1. The van der Waals surface area contributed by atoms with Gasteiger partial charge in [0.15, 0.2) is 0 Å². The molecule has 0 aromatic heterocycles. The summed E-state index contributed by atoms with van der Waals surface area (Å²) in [5.74, 6) is 1.36. The average molecular weight is 209 g/mol. The maximum absolute atomic E-state index is 8.88. The van der Waals surface area contributed by atoms with Gasteiger partial charge in [0.25, 0.3) is 0 Å². The van der Waals surface area contributed by atoms with Crippen molar-refractivity contribution in [3.63, 3.8) is 0 Å². The molecule has 84 valence electrons. The van der Waals surface area contributed by atoms with Crippen molar-refractivity contribution >= 4 is 0 Å². The van der Waals surface area contributed by atoms with Crippen molar-refractivity contribution in [3.05, 3.63) is 29.8 Å². The lowest BCUT2D eigenvalue weighted by Gasteiger charge is -2.11. The van der Waals surface area contributed by atoms with Crippen molar-refractivity contribution in [1.29, 1.82) is 0 Å². The van der Waals surface area contributed by atoms with E-state index >= 15 is 0 Å². The molecule has 15 heavy (non-hydrogen) atoms. The summed E-state index contributed by atoms with van der Waals surface area (Å²) in [5.41, 5.74) is 6.60. The molecule has 1 rings (SSSR count). The number of hydrogen-bond donors (Lipinski definition) is 2. The highest BCUT2D eigenvalue weighted by Gasteiger charge is 2.04. The fourth-order valence-corrected chi connectivity index (χ4v) is 1.18. The average Bonchev–Trinajstić information content (AvgIpc) is 2.26. The summed E-state index contributed by atoms with van der Waals surface area (Å²) in [6, 6.07) is 7.23. The number of rotatable bonds is 5. The van der Waals surface area contributed by atoms with Crippen LogP contribution in [0, 0.1) is 5.92 Å². The van der Waals surface area contributed by atoms with Gasteiger partial charge in [-0.3, -0.25) is 0 Å². The molecule has 3 N–H and O–H groups in total. The molecule has 3 heteroatoms. The van der Waals surface area contributed by atoms with Gasteiger partial charge in [-0.25, -0.2) is 0 Å². The second-order valence-electron chi connectivity index (χ2n) is 4.06. The van der Waals surface area contributed by atoms with Crippen molar-refractivity contribution in [2.45, 2.75) is 19.9 Å². The zero-order valence-electron chi connectivity index (χ0n) is 9.31. The Morgan fingerprint density at radius 2 is 1.87 bits per heavy atom. The van der Waals surface area contributed by atoms with E-state index in [1.54, 1.807) is 0 Å². The molecule has 0 amide bonds.